The quantitative estimate of drug-likeness (QED) is 0.403. The molecule has 0 aliphatic rings. The third-order valence-electron chi connectivity index (χ3n) is 0.500. The first-order chi connectivity index (χ1) is 3.06. The standard InChI is InChI=1S/C5H9Si.Sn.3H/c1-5-6(2,3)4;;;;/h2-4H3;;;;. The molecule has 0 bridgehead atoms. The van der Waals surface area contributed by atoms with Gasteiger partial charge in [-0.25, -0.2) is 0 Å². The van der Waals surface area contributed by atoms with Gasteiger partial charge in [-0.3, -0.25) is 0 Å². The zero-order chi connectivity index (χ0) is 5.91. The second-order valence-corrected chi connectivity index (χ2v) is 8.80. The van der Waals surface area contributed by atoms with E-state index in [1.807, 2.05) is 0 Å². The first kappa shape index (κ1) is 7.58. The van der Waals surface area contributed by atoms with E-state index in [1.165, 1.54) is 0 Å². The van der Waals surface area contributed by atoms with Gasteiger partial charge < -0.3 is 0 Å². The van der Waals surface area contributed by atoms with Crippen LogP contribution in [0.15, 0.2) is 0 Å². The molecule has 0 saturated heterocycles. The van der Waals surface area contributed by atoms with Crippen molar-refractivity contribution in [3.8, 4) is 9.48 Å². The molecule has 0 nitrogen and oxygen atoms in total. The van der Waals surface area contributed by atoms with E-state index in [-0.39, 0.29) is 0 Å². The summed E-state index contributed by atoms with van der Waals surface area (Å²) in [4.78, 5) is 0. The fourth-order valence-electron chi connectivity index (χ4n) is 0.375. The first-order valence-corrected chi connectivity index (χ1v) is 8.85. The van der Waals surface area contributed by atoms with Crippen LogP contribution >= 0.6 is 0 Å². The van der Waals surface area contributed by atoms with Crippen LogP contribution in [0.25, 0.3) is 0 Å². The van der Waals surface area contributed by atoms with Crippen LogP contribution in [0.1, 0.15) is 0 Å². The Morgan fingerprint density at radius 2 is 1.71 bits per heavy atom. The van der Waals surface area contributed by atoms with Crippen molar-refractivity contribution >= 4 is 30.6 Å². The molecule has 0 saturated carbocycles. The first-order valence-electron chi connectivity index (χ1n) is 2.50. The molecule has 40 valence electrons. The Hall–Kier alpha value is 0.576. The minimum atomic E-state index is -0.966. The Kier molecular flexibility index (Phi) is 3.01. The average molecular weight is 219 g/mol. The van der Waals surface area contributed by atoms with Crippen molar-refractivity contribution in [3.63, 3.8) is 0 Å². The normalized spacial score (nSPS) is 10.1. The van der Waals surface area contributed by atoms with E-state index >= 15 is 0 Å². The van der Waals surface area contributed by atoms with Gasteiger partial charge in [0.05, 0.1) is 0 Å². The Balaban J connectivity index is 3.72. The zero-order valence-electron chi connectivity index (χ0n) is 5.50. The summed E-state index contributed by atoms with van der Waals surface area (Å²) in [5, 5.41) is 0. The Morgan fingerprint density at radius 1 is 1.29 bits per heavy atom. The summed E-state index contributed by atoms with van der Waals surface area (Å²) in [7, 11) is -0.966. The molecule has 0 fully saturated rings. The van der Waals surface area contributed by atoms with Gasteiger partial charge in [-0.1, -0.05) is 0 Å². The molecule has 0 heterocycles. The summed E-state index contributed by atoms with van der Waals surface area (Å²) in [5.74, 6) is 0. The molecule has 0 rings (SSSR count). The molecule has 0 atom stereocenters. The molecular formula is C5H12SiSn. The van der Waals surface area contributed by atoms with E-state index in [0.717, 1.165) is 0 Å². The van der Waals surface area contributed by atoms with Crippen molar-refractivity contribution in [2.45, 2.75) is 19.6 Å². The molecule has 0 radical (unpaired) electrons. The monoisotopic (exact) mass is 220 g/mol. The summed E-state index contributed by atoms with van der Waals surface area (Å²) in [6, 6.07) is 0. The summed E-state index contributed by atoms with van der Waals surface area (Å²) in [5.41, 5.74) is 3.27. The van der Waals surface area contributed by atoms with E-state index < -0.39 is 8.07 Å². The fourth-order valence-corrected chi connectivity index (χ4v) is 7.55. The van der Waals surface area contributed by atoms with Crippen LogP contribution in [0.4, 0.5) is 0 Å². The van der Waals surface area contributed by atoms with E-state index in [9.17, 15) is 0 Å². The molecule has 0 amide bonds. The van der Waals surface area contributed by atoms with E-state index in [4.69, 9.17) is 0 Å². The summed E-state index contributed by atoms with van der Waals surface area (Å²) in [6.45, 7) is 6.82. The third-order valence-corrected chi connectivity index (χ3v) is 3.64. The van der Waals surface area contributed by atoms with Crippen molar-refractivity contribution < 1.29 is 0 Å². The Labute approximate surface area is 59.8 Å². The number of hydrogen-bond acceptors (Lipinski definition) is 0. The summed E-state index contributed by atoms with van der Waals surface area (Å²) in [6.07, 6.45) is 0. The average Bonchev–Trinajstić information content (AvgIpc) is 1.30. The van der Waals surface area contributed by atoms with Crippen LogP contribution in [0, 0.1) is 9.48 Å². The number of rotatable bonds is 0. The topological polar surface area (TPSA) is 0 Å². The molecule has 0 N–H and O–H groups in total. The van der Waals surface area contributed by atoms with Gasteiger partial charge >= 0.3 is 59.7 Å². The van der Waals surface area contributed by atoms with Crippen LogP contribution in [0.5, 0.6) is 0 Å². The summed E-state index contributed by atoms with van der Waals surface area (Å²) < 4.78 is 3.13. The van der Waals surface area contributed by atoms with Gasteiger partial charge in [0, 0.05) is 0 Å². The van der Waals surface area contributed by atoms with Gasteiger partial charge in [0.2, 0.25) is 0 Å². The van der Waals surface area contributed by atoms with Crippen molar-refractivity contribution in [1.82, 2.24) is 0 Å². The Morgan fingerprint density at radius 3 is 1.71 bits per heavy atom. The van der Waals surface area contributed by atoms with Crippen LogP contribution in [0.3, 0.4) is 0 Å². The molecular weight excluding hydrogens is 207 g/mol. The second-order valence-electron chi connectivity index (χ2n) is 2.62. The molecule has 0 aromatic heterocycles. The van der Waals surface area contributed by atoms with Crippen molar-refractivity contribution in [3.05, 3.63) is 0 Å². The third kappa shape index (κ3) is 6.58. The minimum absolute atomic E-state index is 0.604. The summed E-state index contributed by atoms with van der Waals surface area (Å²) >= 11 is 0.604. The van der Waals surface area contributed by atoms with Gasteiger partial charge in [-0.15, -0.1) is 0 Å². The van der Waals surface area contributed by atoms with Crippen LogP contribution in [-0.4, -0.2) is 30.6 Å². The van der Waals surface area contributed by atoms with Crippen molar-refractivity contribution in [2.75, 3.05) is 0 Å². The van der Waals surface area contributed by atoms with Crippen LogP contribution in [0.2, 0.25) is 19.6 Å². The number of hydrogen-bond donors (Lipinski definition) is 0. The molecule has 0 aliphatic heterocycles. The molecule has 0 aromatic rings. The van der Waals surface area contributed by atoms with Crippen molar-refractivity contribution in [2.24, 2.45) is 0 Å². The van der Waals surface area contributed by atoms with Gasteiger partial charge in [-0.05, 0) is 0 Å². The van der Waals surface area contributed by atoms with E-state index in [1.54, 1.807) is 0 Å². The predicted molar refractivity (Wildman–Crippen MR) is 41.1 cm³/mol. The Bertz CT molecular complexity index is 101. The molecule has 0 unspecified atom stereocenters. The fraction of sp³-hybridized carbons (Fsp3) is 0.600. The predicted octanol–water partition coefficient (Wildman–Crippen LogP) is 0.190. The molecule has 7 heavy (non-hydrogen) atoms. The second kappa shape index (κ2) is 2.78. The maximum atomic E-state index is 3.27. The van der Waals surface area contributed by atoms with Crippen molar-refractivity contribution in [1.29, 1.82) is 0 Å². The van der Waals surface area contributed by atoms with Gasteiger partial charge in [0.1, 0.15) is 0 Å². The molecule has 0 aromatic carbocycles. The van der Waals surface area contributed by atoms with Crippen LogP contribution < -0.4 is 0 Å². The zero-order valence-corrected chi connectivity index (χ0v) is 12.2. The molecule has 0 aliphatic carbocycles. The van der Waals surface area contributed by atoms with Gasteiger partial charge in [0.25, 0.3) is 0 Å². The van der Waals surface area contributed by atoms with E-state index in [2.05, 4.69) is 29.1 Å². The molecule has 2 heteroatoms. The SMILES string of the molecule is C[Si](C)(C)C#[C][SnH3]. The molecule has 0 spiro atoms. The maximum absolute atomic E-state index is 3.27. The van der Waals surface area contributed by atoms with E-state index in [0.29, 0.717) is 22.5 Å². The van der Waals surface area contributed by atoms with Gasteiger partial charge in [0.15, 0.2) is 0 Å². The van der Waals surface area contributed by atoms with Gasteiger partial charge in [-0.2, -0.15) is 0 Å². The van der Waals surface area contributed by atoms with Crippen LogP contribution in [-0.2, 0) is 0 Å².